The Morgan fingerprint density at radius 2 is 1.19 bits per heavy atom. The SMILES string of the molecule is C1=Cc2ccccc2ON1.C1=Cc2ccccc2ON1.CCO[SiH2]OCC. The Bertz CT molecular complexity index is 676. The summed E-state index contributed by atoms with van der Waals surface area (Å²) in [5, 5.41) is 0. The molecule has 0 aromatic heterocycles. The van der Waals surface area contributed by atoms with Gasteiger partial charge in [-0.15, -0.1) is 0 Å². The second-order valence-corrected chi connectivity index (χ2v) is 6.34. The summed E-state index contributed by atoms with van der Waals surface area (Å²) in [6.45, 7) is 5.55. The van der Waals surface area contributed by atoms with Crippen LogP contribution in [0.15, 0.2) is 60.9 Å². The minimum absolute atomic E-state index is 0.589. The molecule has 0 radical (unpaired) electrons. The molecule has 0 unspecified atom stereocenters. The smallest absolute Gasteiger partial charge is 0.304 e. The molecule has 2 heterocycles. The Balaban J connectivity index is 0.000000149. The lowest BCUT2D eigenvalue weighted by Gasteiger charge is -2.11. The fourth-order valence-electron chi connectivity index (χ4n) is 2.09. The lowest BCUT2D eigenvalue weighted by Crippen LogP contribution is -2.13. The third kappa shape index (κ3) is 7.57. The zero-order valence-electron chi connectivity index (χ0n) is 15.7. The highest BCUT2D eigenvalue weighted by Crippen LogP contribution is 2.21. The highest BCUT2D eigenvalue weighted by molar-refractivity contribution is 6.17. The largest absolute Gasteiger partial charge is 0.399 e. The van der Waals surface area contributed by atoms with E-state index in [1.807, 2.05) is 74.5 Å². The molecule has 0 fully saturated rings. The first-order chi connectivity index (χ1) is 13.3. The van der Waals surface area contributed by atoms with E-state index < -0.39 is 10.0 Å². The molecule has 2 aromatic carbocycles. The summed E-state index contributed by atoms with van der Waals surface area (Å²) in [6.07, 6.45) is 7.47. The van der Waals surface area contributed by atoms with Gasteiger partial charge in [-0.1, -0.05) is 36.4 Å². The van der Waals surface area contributed by atoms with E-state index in [-0.39, 0.29) is 0 Å². The van der Waals surface area contributed by atoms with Crippen LogP contribution in [0.2, 0.25) is 0 Å². The van der Waals surface area contributed by atoms with Crippen molar-refractivity contribution in [2.75, 3.05) is 13.2 Å². The minimum Gasteiger partial charge on any atom is -0.399 e. The molecule has 0 amide bonds. The molecule has 2 N–H and O–H groups in total. The summed E-state index contributed by atoms with van der Waals surface area (Å²) >= 11 is 0. The van der Waals surface area contributed by atoms with Crippen molar-refractivity contribution in [1.29, 1.82) is 0 Å². The van der Waals surface area contributed by atoms with Crippen molar-refractivity contribution in [1.82, 2.24) is 11.0 Å². The van der Waals surface area contributed by atoms with Crippen LogP contribution >= 0.6 is 0 Å². The summed E-state index contributed by atoms with van der Waals surface area (Å²) in [4.78, 5) is 10.2. The van der Waals surface area contributed by atoms with E-state index in [2.05, 4.69) is 11.0 Å². The van der Waals surface area contributed by atoms with Gasteiger partial charge in [-0.05, 0) is 38.1 Å². The molecule has 0 saturated heterocycles. The van der Waals surface area contributed by atoms with Crippen LogP contribution < -0.4 is 20.6 Å². The molecule has 27 heavy (non-hydrogen) atoms. The maximum atomic E-state index is 5.09. The monoisotopic (exact) mass is 386 g/mol. The maximum absolute atomic E-state index is 5.09. The van der Waals surface area contributed by atoms with Crippen LogP contribution in [0.25, 0.3) is 12.2 Å². The van der Waals surface area contributed by atoms with Crippen molar-refractivity contribution in [3.8, 4) is 11.5 Å². The second kappa shape index (κ2) is 12.6. The quantitative estimate of drug-likeness (QED) is 0.622. The van der Waals surface area contributed by atoms with E-state index in [4.69, 9.17) is 18.5 Å². The standard InChI is InChI=1S/2C8H7NO.C4H12O2Si/c2*1-2-4-8-7(3-1)5-6-9-10-8;1-3-5-7-6-4-2/h2*1-6,9H;3-4,7H2,1-2H3. The fourth-order valence-corrected chi connectivity index (χ4v) is 2.54. The van der Waals surface area contributed by atoms with Gasteiger partial charge in [0.05, 0.1) is 0 Å². The Kier molecular flexibility index (Phi) is 9.59. The van der Waals surface area contributed by atoms with E-state index in [0.29, 0.717) is 0 Å². The van der Waals surface area contributed by atoms with E-state index in [0.717, 1.165) is 35.8 Å². The van der Waals surface area contributed by atoms with E-state index in [1.54, 1.807) is 12.4 Å². The lowest BCUT2D eigenvalue weighted by atomic mass is 10.2. The lowest BCUT2D eigenvalue weighted by molar-refractivity contribution is 0.239. The normalized spacial score (nSPS) is 12.2. The van der Waals surface area contributed by atoms with Crippen LogP contribution in [0, 0.1) is 0 Å². The number of nitrogens with one attached hydrogen (secondary N) is 2. The first-order valence-electron chi connectivity index (χ1n) is 8.86. The molecule has 7 heteroatoms. The molecule has 0 aliphatic carbocycles. The molecule has 2 aliphatic rings. The molecule has 0 bridgehead atoms. The zero-order valence-corrected chi connectivity index (χ0v) is 17.1. The molecular formula is C20H26N2O4Si. The van der Waals surface area contributed by atoms with E-state index in [1.165, 1.54) is 0 Å². The Morgan fingerprint density at radius 1 is 0.741 bits per heavy atom. The summed E-state index contributed by atoms with van der Waals surface area (Å²) < 4.78 is 9.98. The summed E-state index contributed by atoms with van der Waals surface area (Å²) in [7, 11) is -0.589. The highest BCUT2D eigenvalue weighted by Gasteiger charge is 2.02. The predicted octanol–water partition coefficient (Wildman–Crippen LogP) is 3.17. The molecule has 0 atom stereocenters. The Labute approximate surface area is 162 Å². The van der Waals surface area contributed by atoms with Gasteiger partial charge in [-0.3, -0.25) is 0 Å². The van der Waals surface area contributed by atoms with Gasteiger partial charge in [0, 0.05) is 36.7 Å². The predicted molar refractivity (Wildman–Crippen MR) is 110 cm³/mol. The first kappa shape index (κ1) is 20.6. The van der Waals surface area contributed by atoms with Gasteiger partial charge in [0.25, 0.3) is 0 Å². The van der Waals surface area contributed by atoms with Gasteiger partial charge in [-0.2, -0.15) is 0 Å². The molecule has 0 spiro atoms. The van der Waals surface area contributed by atoms with Crippen molar-refractivity contribution < 1.29 is 18.5 Å². The third-order valence-corrected chi connectivity index (χ3v) is 4.56. The average molecular weight is 387 g/mol. The van der Waals surface area contributed by atoms with Crippen LogP contribution in [-0.2, 0) is 8.85 Å². The number of rotatable bonds is 4. The van der Waals surface area contributed by atoms with Crippen molar-refractivity contribution in [3.05, 3.63) is 72.1 Å². The van der Waals surface area contributed by atoms with Gasteiger partial charge >= 0.3 is 10.0 Å². The van der Waals surface area contributed by atoms with Crippen LogP contribution in [-0.4, -0.2) is 23.2 Å². The average Bonchev–Trinajstić information content (AvgIpc) is 2.75. The summed E-state index contributed by atoms with van der Waals surface area (Å²) in [5.74, 6) is 1.76. The number of para-hydroxylation sites is 2. The van der Waals surface area contributed by atoms with Crippen LogP contribution in [0.5, 0.6) is 11.5 Å². The number of fused-ring (bicyclic) bond motifs is 2. The van der Waals surface area contributed by atoms with Crippen molar-refractivity contribution >= 4 is 22.2 Å². The first-order valence-corrected chi connectivity index (χ1v) is 10.0. The van der Waals surface area contributed by atoms with E-state index >= 15 is 0 Å². The summed E-state index contributed by atoms with van der Waals surface area (Å²) in [5.41, 5.74) is 7.55. The van der Waals surface area contributed by atoms with Gasteiger partial charge < -0.3 is 18.5 Å². The van der Waals surface area contributed by atoms with Crippen molar-refractivity contribution in [2.45, 2.75) is 13.8 Å². The minimum atomic E-state index is -0.589. The van der Waals surface area contributed by atoms with Gasteiger partial charge in [0.2, 0.25) is 0 Å². The van der Waals surface area contributed by atoms with E-state index in [9.17, 15) is 0 Å². The van der Waals surface area contributed by atoms with Crippen LogP contribution in [0.3, 0.4) is 0 Å². The van der Waals surface area contributed by atoms with Gasteiger partial charge in [0.1, 0.15) is 0 Å². The number of hydrogen-bond acceptors (Lipinski definition) is 6. The molecule has 144 valence electrons. The topological polar surface area (TPSA) is 61.0 Å². The van der Waals surface area contributed by atoms with Crippen LogP contribution in [0.1, 0.15) is 25.0 Å². The summed E-state index contributed by atoms with van der Waals surface area (Å²) in [6, 6.07) is 15.7. The van der Waals surface area contributed by atoms with Crippen molar-refractivity contribution in [3.63, 3.8) is 0 Å². The van der Waals surface area contributed by atoms with Gasteiger partial charge in [-0.25, -0.2) is 11.0 Å². The molecule has 2 aliphatic heterocycles. The number of benzene rings is 2. The number of hydroxylamine groups is 2. The third-order valence-electron chi connectivity index (χ3n) is 3.41. The number of hydrogen-bond donors (Lipinski definition) is 2. The van der Waals surface area contributed by atoms with Crippen molar-refractivity contribution in [2.24, 2.45) is 0 Å². The zero-order chi connectivity index (χ0) is 19.2. The molecule has 4 rings (SSSR count). The highest BCUT2D eigenvalue weighted by atomic mass is 28.3. The molecule has 6 nitrogen and oxygen atoms in total. The van der Waals surface area contributed by atoms with Gasteiger partial charge in [0.15, 0.2) is 11.5 Å². The van der Waals surface area contributed by atoms with Crippen LogP contribution in [0.4, 0.5) is 0 Å². The fraction of sp³-hybridized carbons (Fsp3) is 0.200. The Morgan fingerprint density at radius 3 is 1.59 bits per heavy atom. The molecule has 2 aromatic rings. The maximum Gasteiger partial charge on any atom is 0.304 e. The molecular weight excluding hydrogens is 360 g/mol. The molecule has 0 saturated carbocycles. The second-order valence-electron chi connectivity index (χ2n) is 5.29. The Hall–Kier alpha value is -2.74.